The van der Waals surface area contributed by atoms with Gasteiger partial charge in [-0.2, -0.15) is 0 Å². The molecule has 4 nitrogen and oxygen atoms in total. The molecule has 2 rings (SSSR count). The van der Waals surface area contributed by atoms with E-state index in [1.54, 1.807) is 0 Å². The molecule has 0 spiro atoms. The fraction of sp³-hybridized carbons (Fsp3) is 0.941. The minimum Gasteiger partial charge on any atom is -0.352 e. The van der Waals surface area contributed by atoms with Crippen LogP contribution in [0.4, 0.5) is 0 Å². The van der Waals surface area contributed by atoms with E-state index in [0.29, 0.717) is 12.6 Å². The first-order valence-electron chi connectivity index (χ1n) is 8.83. The molecule has 2 N–H and O–H groups in total. The van der Waals surface area contributed by atoms with Gasteiger partial charge in [0, 0.05) is 6.04 Å². The zero-order valence-corrected chi connectivity index (χ0v) is 15.1. The fourth-order valence-electron chi connectivity index (χ4n) is 3.66. The lowest BCUT2D eigenvalue weighted by Crippen LogP contribution is -2.45. The highest BCUT2D eigenvalue weighted by Gasteiger charge is 2.23. The average molecular weight is 332 g/mol. The number of carbonyl (C=O) groups excluding carboxylic acids is 1. The Bertz CT molecular complexity index is 311. The van der Waals surface area contributed by atoms with Crippen LogP contribution in [0.25, 0.3) is 0 Å². The van der Waals surface area contributed by atoms with Crippen molar-refractivity contribution in [1.82, 2.24) is 15.5 Å². The zero-order chi connectivity index (χ0) is 15.1. The van der Waals surface area contributed by atoms with Gasteiger partial charge in [-0.3, -0.25) is 9.69 Å². The summed E-state index contributed by atoms with van der Waals surface area (Å²) in [7, 11) is 2.02. The van der Waals surface area contributed by atoms with E-state index in [1.807, 2.05) is 7.05 Å². The molecule has 1 amide bonds. The van der Waals surface area contributed by atoms with Crippen molar-refractivity contribution in [2.24, 2.45) is 11.8 Å². The molecule has 2 fully saturated rings. The number of hydrogen-bond acceptors (Lipinski definition) is 3. The van der Waals surface area contributed by atoms with Crippen LogP contribution in [0.3, 0.4) is 0 Å². The fourth-order valence-corrected chi connectivity index (χ4v) is 3.66. The van der Waals surface area contributed by atoms with Crippen LogP contribution in [-0.4, -0.2) is 50.1 Å². The molecule has 5 heteroatoms. The molecular formula is C17H34ClN3O. The van der Waals surface area contributed by atoms with Crippen molar-refractivity contribution in [2.45, 2.75) is 57.9 Å². The molecule has 0 aromatic rings. The summed E-state index contributed by atoms with van der Waals surface area (Å²) in [5.74, 6) is 1.93. The predicted octanol–water partition coefficient (Wildman–Crippen LogP) is 2.42. The quantitative estimate of drug-likeness (QED) is 0.785. The molecule has 0 atom stereocenters. The molecule has 1 aliphatic heterocycles. The minimum absolute atomic E-state index is 0. The second-order valence-corrected chi connectivity index (χ2v) is 7.14. The van der Waals surface area contributed by atoms with Gasteiger partial charge in [0.1, 0.15) is 0 Å². The number of nitrogens with zero attached hydrogens (tertiary/aromatic N) is 1. The Morgan fingerprint density at radius 2 is 1.73 bits per heavy atom. The number of halogens is 1. The van der Waals surface area contributed by atoms with Crippen molar-refractivity contribution in [1.29, 1.82) is 0 Å². The highest BCUT2D eigenvalue weighted by Crippen LogP contribution is 2.23. The first-order valence-corrected chi connectivity index (χ1v) is 8.83. The van der Waals surface area contributed by atoms with Crippen LogP contribution in [-0.2, 0) is 4.79 Å². The highest BCUT2D eigenvalue weighted by molar-refractivity contribution is 5.85. The van der Waals surface area contributed by atoms with E-state index in [-0.39, 0.29) is 18.3 Å². The Balaban J connectivity index is 0.00000242. The van der Waals surface area contributed by atoms with Gasteiger partial charge >= 0.3 is 0 Å². The van der Waals surface area contributed by atoms with Crippen LogP contribution in [0, 0.1) is 11.8 Å². The molecule has 1 aliphatic carbocycles. The zero-order valence-electron chi connectivity index (χ0n) is 14.3. The van der Waals surface area contributed by atoms with Gasteiger partial charge in [0.2, 0.25) is 5.91 Å². The van der Waals surface area contributed by atoms with Gasteiger partial charge in [-0.25, -0.2) is 0 Å². The Morgan fingerprint density at radius 1 is 1.09 bits per heavy atom. The number of likely N-dealkylation sites (tertiary alicyclic amines) is 1. The molecule has 2 aliphatic rings. The van der Waals surface area contributed by atoms with Crippen LogP contribution < -0.4 is 10.6 Å². The van der Waals surface area contributed by atoms with Gasteiger partial charge in [-0.15, -0.1) is 12.4 Å². The smallest absolute Gasteiger partial charge is 0.234 e. The molecule has 0 aromatic carbocycles. The summed E-state index contributed by atoms with van der Waals surface area (Å²) < 4.78 is 0. The van der Waals surface area contributed by atoms with E-state index in [4.69, 9.17) is 0 Å². The van der Waals surface area contributed by atoms with Gasteiger partial charge in [0.25, 0.3) is 0 Å². The van der Waals surface area contributed by atoms with Gasteiger partial charge < -0.3 is 10.6 Å². The van der Waals surface area contributed by atoms with Crippen molar-refractivity contribution in [3.8, 4) is 0 Å². The molecule has 130 valence electrons. The van der Waals surface area contributed by atoms with Crippen LogP contribution in [0.5, 0.6) is 0 Å². The third-order valence-electron chi connectivity index (χ3n) is 5.26. The molecule has 0 radical (unpaired) electrons. The molecule has 0 unspecified atom stereocenters. The van der Waals surface area contributed by atoms with E-state index >= 15 is 0 Å². The Kier molecular flexibility index (Phi) is 9.37. The Morgan fingerprint density at radius 3 is 2.32 bits per heavy atom. The molecule has 1 saturated carbocycles. The molecule has 22 heavy (non-hydrogen) atoms. The molecule has 0 aromatic heterocycles. The summed E-state index contributed by atoms with van der Waals surface area (Å²) in [6, 6.07) is 0.432. The van der Waals surface area contributed by atoms with Crippen molar-refractivity contribution in [3.05, 3.63) is 0 Å². The molecular weight excluding hydrogens is 298 g/mol. The Hall–Kier alpha value is -0.320. The lowest BCUT2D eigenvalue weighted by atomic mass is 9.87. The van der Waals surface area contributed by atoms with E-state index in [2.05, 4.69) is 22.5 Å². The number of piperidine rings is 1. The Labute approximate surface area is 142 Å². The van der Waals surface area contributed by atoms with Crippen molar-refractivity contribution in [2.75, 3.05) is 33.2 Å². The summed E-state index contributed by atoms with van der Waals surface area (Å²) in [5, 5.41) is 6.47. The van der Waals surface area contributed by atoms with Crippen LogP contribution in [0.2, 0.25) is 0 Å². The van der Waals surface area contributed by atoms with E-state index in [9.17, 15) is 4.79 Å². The van der Waals surface area contributed by atoms with Gasteiger partial charge in [-0.05, 0) is 83.5 Å². The average Bonchev–Trinajstić information content (AvgIpc) is 2.49. The summed E-state index contributed by atoms with van der Waals surface area (Å²) in [6.07, 6.45) is 8.63. The third-order valence-corrected chi connectivity index (χ3v) is 5.26. The van der Waals surface area contributed by atoms with E-state index < -0.39 is 0 Å². The number of carbonyl (C=O) groups is 1. The molecule has 1 saturated heterocycles. The first-order chi connectivity index (χ1) is 10.2. The van der Waals surface area contributed by atoms with Gasteiger partial charge in [0.15, 0.2) is 0 Å². The largest absolute Gasteiger partial charge is 0.352 e. The van der Waals surface area contributed by atoms with E-state index in [0.717, 1.165) is 31.5 Å². The first kappa shape index (κ1) is 19.7. The highest BCUT2D eigenvalue weighted by atomic mass is 35.5. The number of amides is 1. The summed E-state index contributed by atoms with van der Waals surface area (Å²) in [4.78, 5) is 14.5. The summed E-state index contributed by atoms with van der Waals surface area (Å²) in [5.41, 5.74) is 0. The second kappa shape index (κ2) is 10.5. The van der Waals surface area contributed by atoms with Crippen molar-refractivity contribution in [3.63, 3.8) is 0 Å². The monoisotopic (exact) mass is 331 g/mol. The number of hydrogen-bond donors (Lipinski definition) is 2. The standard InChI is InChI=1S/C17H33N3O.ClH/c1-14-3-5-16(6-4-14)19-17(21)13-20-11-8-15(9-12-20)7-10-18-2;/h14-16,18H,3-13H2,1-2H3,(H,19,21);1H. The van der Waals surface area contributed by atoms with Crippen molar-refractivity contribution < 1.29 is 4.79 Å². The molecule has 1 heterocycles. The lowest BCUT2D eigenvalue weighted by Gasteiger charge is -2.32. The maximum Gasteiger partial charge on any atom is 0.234 e. The normalized spacial score (nSPS) is 27.2. The lowest BCUT2D eigenvalue weighted by molar-refractivity contribution is -0.123. The maximum atomic E-state index is 12.2. The predicted molar refractivity (Wildman–Crippen MR) is 94.5 cm³/mol. The minimum atomic E-state index is 0. The van der Waals surface area contributed by atoms with Crippen molar-refractivity contribution >= 4 is 18.3 Å². The SMILES string of the molecule is CNCCC1CCN(CC(=O)NC2CCC(C)CC2)CC1.Cl. The van der Waals surface area contributed by atoms with Gasteiger partial charge in [0.05, 0.1) is 6.54 Å². The van der Waals surface area contributed by atoms with E-state index in [1.165, 1.54) is 44.9 Å². The van der Waals surface area contributed by atoms with Crippen LogP contribution in [0.1, 0.15) is 51.9 Å². The second-order valence-electron chi connectivity index (χ2n) is 7.14. The topological polar surface area (TPSA) is 44.4 Å². The number of nitrogens with one attached hydrogen (secondary N) is 2. The third kappa shape index (κ3) is 6.84. The number of rotatable bonds is 6. The van der Waals surface area contributed by atoms with Gasteiger partial charge in [-0.1, -0.05) is 6.92 Å². The molecule has 0 bridgehead atoms. The summed E-state index contributed by atoms with van der Waals surface area (Å²) >= 11 is 0. The van der Waals surface area contributed by atoms with Crippen LogP contribution >= 0.6 is 12.4 Å². The summed E-state index contributed by atoms with van der Waals surface area (Å²) in [6.45, 7) is 6.21. The maximum absolute atomic E-state index is 12.2. The van der Waals surface area contributed by atoms with Crippen LogP contribution in [0.15, 0.2) is 0 Å².